The molecule has 124 valence electrons. The van der Waals surface area contributed by atoms with Gasteiger partial charge in [-0.15, -0.1) is 0 Å². The number of aryl methyl sites for hydroxylation is 1. The third kappa shape index (κ3) is 2.68. The molecule has 0 radical (unpaired) electrons. The highest BCUT2D eigenvalue weighted by atomic mass is 14.7. The maximum absolute atomic E-state index is 4.79. The Kier molecular flexibility index (Phi) is 3.96. The first-order valence-corrected chi connectivity index (χ1v) is 8.94. The average Bonchev–Trinajstić information content (AvgIpc) is 2.66. The first-order valence-electron chi connectivity index (χ1n) is 8.94. The van der Waals surface area contributed by atoms with Gasteiger partial charge in [0, 0.05) is 28.7 Å². The van der Waals surface area contributed by atoms with Crippen molar-refractivity contribution in [3.63, 3.8) is 0 Å². The van der Waals surface area contributed by atoms with Gasteiger partial charge in [-0.1, -0.05) is 57.2 Å². The third-order valence-electron chi connectivity index (χ3n) is 4.91. The smallest absolute Gasteiger partial charge is 0.0755 e. The molecule has 0 N–H and O–H groups in total. The van der Waals surface area contributed by atoms with Gasteiger partial charge in [-0.2, -0.15) is 0 Å². The number of rotatable bonds is 3. The van der Waals surface area contributed by atoms with Crippen molar-refractivity contribution >= 4 is 21.7 Å². The van der Waals surface area contributed by atoms with Crippen LogP contribution >= 0.6 is 0 Å². The van der Waals surface area contributed by atoms with Crippen molar-refractivity contribution in [3.05, 3.63) is 72.1 Å². The van der Waals surface area contributed by atoms with Gasteiger partial charge in [-0.3, -0.25) is 9.97 Å². The van der Waals surface area contributed by atoms with Gasteiger partial charge in [-0.25, -0.2) is 0 Å². The molecule has 4 rings (SSSR count). The number of hydrogen-bond acceptors (Lipinski definition) is 2. The molecule has 2 heterocycles. The molecule has 0 aliphatic heterocycles. The minimum absolute atomic E-state index is 0.468. The second-order valence-electron chi connectivity index (χ2n) is 6.82. The zero-order valence-corrected chi connectivity index (χ0v) is 15.0. The molecule has 25 heavy (non-hydrogen) atoms. The summed E-state index contributed by atoms with van der Waals surface area (Å²) in [5.41, 5.74) is 5.83. The number of nitrogens with zero attached hydrogens (tertiary/aromatic N) is 2. The van der Waals surface area contributed by atoms with E-state index in [-0.39, 0.29) is 0 Å². The molecular formula is C23H22N2. The van der Waals surface area contributed by atoms with E-state index >= 15 is 0 Å². The van der Waals surface area contributed by atoms with Crippen molar-refractivity contribution < 1.29 is 0 Å². The van der Waals surface area contributed by atoms with Gasteiger partial charge in [0.25, 0.3) is 0 Å². The van der Waals surface area contributed by atoms with Crippen molar-refractivity contribution in [2.45, 2.75) is 33.1 Å². The largest absolute Gasteiger partial charge is 0.256 e. The van der Waals surface area contributed by atoms with Crippen molar-refractivity contribution in [1.82, 2.24) is 9.97 Å². The van der Waals surface area contributed by atoms with Crippen LogP contribution in [-0.4, -0.2) is 9.97 Å². The maximum atomic E-state index is 4.79. The molecule has 0 aliphatic rings. The van der Waals surface area contributed by atoms with E-state index in [4.69, 9.17) is 9.97 Å². The molecule has 0 atom stereocenters. The van der Waals surface area contributed by atoms with Crippen molar-refractivity contribution in [2.24, 2.45) is 0 Å². The number of hydrogen-bond donors (Lipinski definition) is 0. The van der Waals surface area contributed by atoms with Crippen molar-refractivity contribution in [3.8, 4) is 11.3 Å². The molecule has 0 amide bonds. The molecule has 0 saturated carbocycles. The molecule has 0 bridgehead atoms. The summed E-state index contributed by atoms with van der Waals surface area (Å²) in [6.07, 6.45) is 4.89. The fraction of sp³-hybridized carbons (Fsp3) is 0.217. The summed E-state index contributed by atoms with van der Waals surface area (Å²) in [7, 11) is 0. The first kappa shape index (κ1) is 15.8. The molecule has 4 aromatic rings. The quantitative estimate of drug-likeness (QED) is 0.452. The Hall–Kier alpha value is -2.74. The van der Waals surface area contributed by atoms with Crippen LogP contribution in [0.2, 0.25) is 0 Å². The van der Waals surface area contributed by atoms with Crippen molar-refractivity contribution in [1.29, 1.82) is 0 Å². The monoisotopic (exact) mass is 326 g/mol. The summed E-state index contributed by atoms with van der Waals surface area (Å²) in [5, 5.41) is 3.71. The predicted molar refractivity (Wildman–Crippen MR) is 106 cm³/mol. The lowest BCUT2D eigenvalue weighted by Gasteiger charge is -2.13. The van der Waals surface area contributed by atoms with E-state index in [9.17, 15) is 0 Å². The van der Waals surface area contributed by atoms with Crippen LogP contribution in [0.3, 0.4) is 0 Å². The maximum Gasteiger partial charge on any atom is 0.0755 e. The number of pyridine rings is 2. The van der Waals surface area contributed by atoms with E-state index in [2.05, 4.69) is 69.3 Å². The summed E-state index contributed by atoms with van der Waals surface area (Å²) >= 11 is 0. The molecule has 0 unspecified atom stereocenters. The highest BCUT2D eigenvalue weighted by molar-refractivity contribution is 5.92. The molecule has 0 fully saturated rings. The molecule has 2 aromatic carbocycles. The number of aromatic nitrogens is 2. The Balaban J connectivity index is 1.98. The fourth-order valence-electron chi connectivity index (χ4n) is 3.64. The topological polar surface area (TPSA) is 25.8 Å². The van der Waals surface area contributed by atoms with Crippen LogP contribution < -0.4 is 0 Å². The Morgan fingerprint density at radius 3 is 2.52 bits per heavy atom. The molecule has 2 aromatic heterocycles. The molecule has 2 nitrogen and oxygen atoms in total. The molecule has 0 saturated heterocycles. The Morgan fingerprint density at radius 1 is 0.880 bits per heavy atom. The normalized spacial score (nSPS) is 11.5. The van der Waals surface area contributed by atoms with Gasteiger partial charge in [0.15, 0.2) is 0 Å². The van der Waals surface area contributed by atoms with Gasteiger partial charge in [0.2, 0.25) is 0 Å². The van der Waals surface area contributed by atoms with E-state index in [0.29, 0.717) is 5.92 Å². The minimum atomic E-state index is 0.468. The zero-order chi connectivity index (χ0) is 17.4. The van der Waals surface area contributed by atoms with E-state index < -0.39 is 0 Å². The molecule has 0 aliphatic carbocycles. The summed E-state index contributed by atoms with van der Waals surface area (Å²) < 4.78 is 0. The highest BCUT2D eigenvalue weighted by Crippen LogP contribution is 2.32. The van der Waals surface area contributed by atoms with Crippen LogP contribution in [0.5, 0.6) is 0 Å². The van der Waals surface area contributed by atoms with Gasteiger partial charge < -0.3 is 0 Å². The van der Waals surface area contributed by atoms with Crippen LogP contribution in [0, 0.1) is 0 Å². The lowest BCUT2D eigenvalue weighted by Crippen LogP contribution is -1.96. The lowest BCUT2D eigenvalue weighted by atomic mass is 9.95. The fourth-order valence-corrected chi connectivity index (χ4v) is 3.64. The van der Waals surface area contributed by atoms with E-state index in [1.807, 2.05) is 12.4 Å². The SMILES string of the molecule is CCc1c(-c2cnc3cccc(C(C)C)c3c2)ncc2ccccc12. The number of benzene rings is 2. The second-order valence-corrected chi connectivity index (χ2v) is 6.82. The third-order valence-corrected chi connectivity index (χ3v) is 4.91. The van der Waals surface area contributed by atoms with Crippen LogP contribution in [0.1, 0.15) is 37.8 Å². The van der Waals surface area contributed by atoms with E-state index in [1.54, 1.807) is 0 Å². The summed E-state index contributed by atoms with van der Waals surface area (Å²) in [6, 6.07) is 17.1. The van der Waals surface area contributed by atoms with E-state index in [0.717, 1.165) is 23.2 Å². The lowest BCUT2D eigenvalue weighted by molar-refractivity contribution is 0.876. The zero-order valence-electron chi connectivity index (χ0n) is 15.0. The Labute approximate surface area is 148 Å². The summed E-state index contributed by atoms with van der Waals surface area (Å²) in [5.74, 6) is 0.468. The molecule has 2 heteroatoms. The van der Waals surface area contributed by atoms with E-state index in [1.165, 1.54) is 27.3 Å². The standard InChI is InChI=1S/C23H22N2/c1-4-18-20-9-6-5-8-16(20)13-25-23(18)17-12-21-19(15(2)3)10-7-11-22(21)24-14-17/h5-15H,4H2,1-3H3. The summed E-state index contributed by atoms with van der Waals surface area (Å²) in [6.45, 7) is 6.65. The van der Waals surface area contributed by atoms with Crippen molar-refractivity contribution in [2.75, 3.05) is 0 Å². The predicted octanol–water partition coefficient (Wildman–Crippen LogP) is 6.14. The van der Waals surface area contributed by atoms with Gasteiger partial charge in [0.05, 0.1) is 11.2 Å². The van der Waals surface area contributed by atoms with Gasteiger partial charge in [-0.05, 0) is 41.0 Å². The average molecular weight is 326 g/mol. The Bertz CT molecular complexity index is 1060. The molecular weight excluding hydrogens is 304 g/mol. The summed E-state index contributed by atoms with van der Waals surface area (Å²) in [4.78, 5) is 9.51. The van der Waals surface area contributed by atoms with Crippen LogP contribution in [0.15, 0.2) is 60.9 Å². The van der Waals surface area contributed by atoms with Gasteiger partial charge in [0.1, 0.15) is 0 Å². The number of fused-ring (bicyclic) bond motifs is 2. The second kappa shape index (κ2) is 6.29. The highest BCUT2D eigenvalue weighted by Gasteiger charge is 2.12. The van der Waals surface area contributed by atoms with Gasteiger partial charge >= 0.3 is 0 Å². The Morgan fingerprint density at radius 2 is 1.72 bits per heavy atom. The first-order chi connectivity index (χ1) is 12.2. The van der Waals surface area contributed by atoms with Crippen LogP contribution in [0.4, 0.5) is 0 Å². The van der Waals surface area contributed by atoms with Crippen LogP contribution in [0.25, 0.3) is 32.9 Å². The molecule has 0 spiro atoms. The minimum Gasteiger partial charge on any atom is -0.256 e. The van der Waals surface area contributed by atoms with Crippen LogP contribution in [-0.2, 0) is 6.42 Å².